The van der Waals surface area contributed by atoms with Gasteiger partial charge in [0.05, 0.1) is 0 Å². The highest BCUT2D eigenvalue weighted by atomic mass is 32.1. The van der Waals surface area contributed by atoms with E-state index in [4.69, 9.17) is 5.73 Å². The van der Waals surface area contributed by atoms with Gasteiger partial charge in [-0.1, -0.05) is 0 Å². The van der Waals surface area contributed by atoms with Crippen molar-refractivity contribution < 1.29 is 17.6 Å². The molecule has 0 aromatic carbocycles. The van der Waals surface area contributed by atoms with E-state index in [9.17, 15) is 17.6 Å². The van der Waals surface area contributed by atoms with Crippen molar-refractivity contribution in [3.05, 3.63) is 22.1 Å². The third-order valence-electron chi connectivity index (χ3n) is 1.25. The number of nitrogens with two attached hydrogens (primary N) is 1. The maximum absolute atomic E-state index is 12.3. The quantitative estimate of drug-likeness (QED) is 0.691. The molecule has 2 N–H and O–H groups in total. The molecule has 1 heterocycles. The molecule has 0 unspecified atom stereocenters. The van der Waals surface area contributed by atoms with Crippen LogP contribution >= 0.6 is 11.3 Å². The molecular formula is C6H5F4NS. The zero-order valence-electron chi connectivity index (χ0n) is 5.73. The molecule has 0 spiro atoms. The van der Waals surface area contributed by atoms with Gasteiger partial charge < -0.3 is 5.73 Å². The monoisotopic (exact) mass is 199 g/mol. The van der Waals surface area contributed by atoms with E-state index in [1.807, 2.05) is 0 Å². The number of rotatable bonds is 1. The Labute approximate surface area is 69.8 Å². The Hall–Kier alpha value is -0.620. The van der Waals surface area contributed by atoms with E-state index < -0.39 is 18.0 Å². The van der Waals surface area contributed by atoms with Crippen molar-refractivity contribution in [2.45, 2.75) is 12.2 Å². The van der Waals surface area contributed by atoms with Gasteiger partial charge in [-0.15, -0.1) is 11.3 Å². The minimum Gasteiger partial charge on any atom is -0.316 e. The van der Waals surface area contributed by atoms with Crippen molar-refractivity contribution in [1.82, 2.24) is 0 Å². The van der Waals surface area contributed by atoms with Crippen LogP contribution in [-0.2, 0) is 0 Å². The van der Waals surface area contributed by atoms with E-state index in [1.165, 1.54) is 0 Å². The summed E-state index contributed by atoms with van der Waals surface area (Å²) in [6.45, 7) is 0. The lowest BCUT2D eigenvalue weighted by molar-refractivity contribution is -0.148. The smallest absolute Gasteiger partial charge is 0.316 e. The van der Waals surface area contributed by atoms with Gasteiger partial charge in [-0.25, -0.2) is 4.39 Å². The van der Waals surface area contributed by atoms with E-state index in [0.717, 1.165) is 11.4 Å². The maximum Gasteiger partial charge on any atom is 0.408 e. The van der Waals surface area contributed by atoms with Gasteiger partial charge in [0, 0.05) is 10.3 Å². The second kappa shape index (κ2) is 3.02. The molecule has 0 saturated carbocycles. The van der Waals surface area contributed by atoms with Crippen molar-refractivity contribution in [2.75, 3.05) is 0 Å². The molecule has 6 heteroatoms. The van der Waals surface area contributed by atoms with Crippen LogP contribution in [0.2, 0.25) is 0 Å². The van der Waals surface area contributed by atoms with Crippen molar-refractivity contribution in [3.8, 4) is 0 Å². The van der Waals surface area contributed by atoms with Crippen LogP contribution < -0.4 is 5.73 Å². The van der Waals surface area contributed by atoms with Gasteiger partial charge in [-0.3, -0.25) is 0 Å². The molecule has 1 aromatic heterocycles. The van der Waals surface area contributed by atoms with Crippen LogP contribution in [0.3, 0.4) is 0 Å². The van der Waals surface area contributed by atoms with Crippen molar-refractivity contribution in [1.29, 1.82) is 0 Å². The van der Waals surface area contributed by atoms with Gasteiger partial charge >= 0.3 is 6.18 Å². The summed E-state index contributed by atoms with van der Waals surface area (Å²) in [5.74, 6) is -0.685. The first kappa shape index (κ1) is 9.47. The normalized spacial score (nSPS) is 14.8. The molecule has 0 radical (unpaired) electrons. The summed E-state index contributed by atoms with van der Waals surface area (Å²) >= 11 is 0.665. The first-order valence-electron chi connectivity index (χ1n) is 2.97. The molecule has 0 saturated heterocycles. The van der Waals surface area contributed by atoms with Gasteiger partial charge in [-0.2, -0.15) is 13.2 Å². The summed E-state index contributed by atoms with van der Waals surface area (Å²) in [5, 5.41) is 0.987. The first-order chi connectivity index (χ1) is 5.41. The fourth-order valence-electron chi connectivity index (χ4n) is 0.653. The number of thiophene rings is 1. The topological polar surface area (TPSA) is 26.0 Å². The molecule has 0 aliphatic carbocycles. The summed E-state index contributed by atoms with van der Waals surface area (Å²) in [6.07, 6.45) is -4.50. The molecule has 1 rings (SSSR count). The molecule has 0 fully saturated rings. The summed E-state index contributed by atoms with van der Waals surface area (Å²) in [7, 11) is 0. The minimum absolute atomic E-state index is 0.208. The van der Waals surface area contributed by atoms with Gasteiger partial charge in [0.25, 0.3) is 0 Å². The molecular weight excluding hydrogens is 194 g/mol. The Morgan fingerprint density at radius 3 is 2.33 bits per heavy atom. The zero-order valence-corrected chi connectivity index (χ0v) is 6.55. The van der Waals surface area contributed by atoms with E-state index >= 15 is 0 Å². The van der Waals surface area contributed by atoms with E-state index in [1.54, 1.807) is 0 Å². The van der Waals surface area contributed by atoms with Crippen molar-refractivity contribution in [2.24, 2.45) is 5.73 Å². The molecule has 12 heavy (non-hydrogen) atoms. The minimum atomic E-state index is -4.50. The van der Waals surface area contributed by atoms with Crippen LogP contribution in [0.4, 0.5) is 17.6 Å². The summed E-state index contributed by atoms with van der Waals surface area (Å²) in [5.41, 5.74) is 4.80. The molecule has 68 valence electrons. The summed E-state index contributed by atoms with van der Waals surface area (Å²) in [6, 6.07) is -1.28. The molecule has 0 aliphatic rings. The third kappa shape index (κ3) is 1.95. The average molecular weight is 199 g/mol. The lowest BCUT2D eigenvalue weighted by atomic mass is 10.2. The highest BCUT2D eigenvalue weighted by Gasteiger charge is 2.38. The average Bonchev–Trinajstić information content (AvgIpc) is 2.32. The largest absolute Gasteiger partial charge is 0.408 e. The highest BCUT2D eigenvalue weighted by molar-refractivity contribution is 7.10. The number of alkyl halides is 3. The fraction of sp³-hybridized carbons (Fsp3) is 0.333. The van der Waals surface area contributed by atoms with Crippen LogP contribution in [-0.4, -0.2) is 6.18 Å². The van der Waals surface area contributed by atoms with Gasteiger partial charge in [0.15, 0.2) is 0 Å². The van der Waals surface area contributed by atoms with Crippen LogP contribution in [0.15, 0.2) is 11.4 Å². The second-order valence-electron chi connectivity index (χ2n) is 2.19. The Morgan fingerprint density at radius 1 is 1.42 bits per heavy atom. The predicted molar refractivity (Wildman–Crippen MR) is 37.3 cm³/mol. The summed E-state index contributed by atoms with van der Waals surface area (Å²) < 4.78 is 48.0. The number of hydrogen-bond donors (Lipinski definition) is 1. The molecule has 1 atom stereocenters. The predicted octanol–water partition coefficient (Wildman–Crippen LogP) is 2.45. The Bertz CT molecular complexity index is 267. The molecule has 1 nitrogen and oxygen atoms in total. The van der Waals surface area contributed by atoms with E-state index in [0.29, 0.717) is 11.3 Å². The molecule has 0 aliphatic heterocycles. The van der Waals surface area contributed by atoms with Crippen LogP contribution in [0.1, 0.15) is 10.9 Å². The second-order valence-corrected chi connectivity index (χ2v) is 3.13. The SMILES string of the molecule is N[C@H](c1cc(F)cs1)C(F)(F)F. The van der Waals surface area contributed by atoms with Crippen molar-refractivity contribution in [3.63, 3.8) is 0 Å². The highest BCUT2D eigenvalue weighted by Crippen LogP contribution is 2.33. The Balaban J connectivity index is 2.85. The standard InChI is InChI=1S/C6H5F4NS/c7-3-1-4(12-2-3)5(11)6(8,9)10/h1-2,5H,11H2/t5-/m1/s1. The van der Waals surface area contributed by atoms with Gasteiger partial charge in [0.2, 0.25) is 0 Å². The lowest BCUT2D eigenvalue weighted by Crippen LogP contribution is -2.27. The molecule has 0 amide bonds. The molecule has 1 aromatic rings. The first-order valence-corrected chi connectivity index (χ1v) is 3.85. The Morgan fingerprint density at radius 2 is 2.00 bits per heavy atom. The van der Waals surface area contributed by atoms with Gasteiger partial charge in [0.1, 0.15) is 11.9 Å². The van der Waals surface area contributed by atoms with Crippen LogP contribution in [0.25, 0.3) is 0 Å². The van der Waals surface area contributed by atoms with E-state index in [2.05, 4.69) is 0 Å². The fourth-order valence-corrected chi connectivity index (χ4v) is 1.43. The number of hydrogen-bond acceptors (Lipinski definition) is 2. The van der Waals surface area contributed by atoms with Crippen molar-refractivity contribution >= 4 is 11.3 Å². The Kier molecular flexibility index (Phi) is 2.39. The maximum atomic E-state index is 12.3. The van der Waals surface area contributed by atoms with Gasteiger partial charge in [-0.05, 0) is 6.07 Å². The van der Waals surface area contributed by atoms with Crippen LogP contribution in [0, 0.1) is 5.82 Å². The third-order valence-corrected chi connectivity index (χ3v) is 2.23. The summed E-state index contributed by atoms with van der Waals surface area (Å²) in [4.78, 5) is -0.208. The zero-order chi connectivity index (χ0) is 9.35. The van der Waals surface area contributed by atoms with Crippen LogP contribution in [0.5, 0.6) is 0 Å². The van der Waals surface area contributed by atoms with E-state index in [-0.39, 0.29) is 4.88 Å². The number of halogens is 4. The lowest BCUT2D eigenvalue weighted by Gasteiger charge is -2.12. The molecule has 0 bridgehead atoms.